The molecule has 0 bridgehead atoms. The maximum Gasteiger partial charge on any atom is 0.0621 e. The molecule has 0 aromatic carbocycles. The molecule has 0 aliphatic heterocycles. The number of hydrogen-bond acceptors (Lipinski definition) is 6. The maximum atomic E-state index is 8.76. The Morgan fingerprint density at radius 3 is 2.07 bits per heavy atom. The van der Waals surface area contributed by atoms with Crippen molar-refractivity contribution >= 4 is 0 Å². The quantitative estimate of drug-likeness (QED) is 0.357. The van der Waals surface area contributed by atoms with E-state index in [0.29, 0.717) is 19.3 Å². The van der Waals surface area contributed by atoms with Gasteiger partial charge in [0.05, 0.1) is 12.6 Å². The lowest BCUT2D eigenvalue weighted by Crippen LogP contribution is -2.28. The second-order valence-corrected chi connectivity index (χ2v) is 3.33. The molecule has 0 rings (SSSR count). The third-order valence-corrected chi connectivity index (χ3v) is 2.19. The van der Waals surface area contributed by atoms with E-state index in [1.807, 2.05) is 6.92 Å². The topological polar surface area (TPSA) is 87.4 Å². The fourth-order valence-corrected chi connectivity index (χ4v) is 1.29. The van der Waals surface area contributed by atoms with Gasteiger partial charge in [-0.05, 0) is 19.3 Å². The van der Waals surface area contributed by atoms with Crippen molar-refractivity contribution in [3.05, 3.63) is 0 Å². The number of nitrogens with zero attached hydrogens (tertiary/aromatic N) is 2. The summed E-state index contributed by atoms with van der Waals surface area (Å²) in [6.45, 7) is 2.10. The molecule has 0 radical (unpaired) electrons. The van der Waals surface area contributed by atoms with E-state index in [-0.39, 0.29) is 23.0 Å². The molecule has 0 aromatic heterocycles. The van der Waals surface area contributed by atoms with Crippen LogP contribution < -0.4 is 0 Å². The summed E-state index contributed by atoms with van der Waals surface area (Å²) in [5.74, 6) is 0. The molecular formula is C8H20N2O4. The molecule has 0 saturated heterocycles. The summed E-state index contributed by atoms with van der Waals surface area (Å²) in [6, 6.07) is -0.227. The van der Waals surface area contributed by atoms with Crippen molar-refractivity contribution in [1.29, 1.82) is 0 Å². The molecule has 0 aliphatic rings. The van der Waals surface area contributed by atoms with Crippen molar-refractivity contribution in [3.63, 3.8) is 0 Å². The monoisotopic (exact) mass is 208 g/mol. The lowest BCUT2D eigenvalue weighted by molar-refractivity contribution is -0.333. The highest BCUT2D eigenvalue weighted by molar-refractivity contribution is 4.58. The molecule has 1 atom stereocenters. The van der Waals surface area contributed by atoms with Crippen molar-refractivity contribution in [2.75, 3.05) is 6.54 Å². The second kappa shape index (κ2) is 8.10. The van der Waals surface area contributed by atoms with Gasteiger partial charge in [-0.1, -0.05) is 30.2 Å². The van der Waals surface area contributed by atoms with Crippen molar-refractivity contribution in [1.82, 2.24) is 10.5 Å². The molecule has 6 heteroatoms. The highest BCUT2D eigenvalue weighted by Crippen LogP contribution is 2.10. The first-order chi connectivity index (χ1) is 6.57. The van der Waals surface area contributed by atoms with Gasteiger partial charge in [0, 0.05) is 0 Å². The van der Waals surface area contributed by atoms with Gasteiger partial charge in [0.15, 0.2) is 0 Å². The zero-order valence-corrected chi connectivity index (χ0v) is 8.50. The molecule has 0 aromatic rings. The van der Waals surface area contributed by atoms with Crippen LogP contribution in [0.1, 0.15) is 39.0 Å². The molecular weight excluding hydrogens is 188 g/mol. The van der Waals surface area contributed by atoms with Crippen LogP contribution in [-0.4, -0.2) is 43.9 Å². The summed E-state index contributed by atoms with van der Waals surface area (Å²) in [4.78, 5) is 0. The molecule has 86 valence electrons. The summed E-state index contributed by atoms with van der Waals surface area (Å²) in [5.41, 5.74) is 0. The van der Waals surface area contributed by atoms with Crippen LogP contribution in [-0.2, 0) is 0 Å². The molecule has 0 saturated carbocycles. The van der Waals surface area contributed by atoms with Crippen LogP contribution in [0.25, 0.3) is 0 Å². The van der Waals surface area contributed by atoms with Crippen LogP contribution in [0.15, 0.2) is 0 Å². The number of hydroxylamine groups is 4. The largest absolute Gasteiger partial charge is 0.290 e. The summed E-state index contributed by atoms with van der Waals surface area (Å²) in [5, 5.41) is 34.7. The predicted molar refractivity (Wildman–Crippen MR) is 48.2 cm³/mol. The minimum absolute atomic E-state index is 0.168. The Kier molecular flexibility index (Phi) is 7.96. The second-order valence-electron chi connectivity index (χ2n) is 3.33. The van der Waals surface area contributed by atoms with E-state index in [4.69, 9.17) is 20.8 Å². The molecule has 0 heterocycles. The van der Waals surface area contributed by atoms with Crippen LogP contribution in [0.3, 0.4) is 0 Å². The number of unbranched alkanes of at least 4 members (excludes halogenated alkanes) is 2. The molecule has 0 spiro atoms. The smallest absolute Gasteiger partial charge is 0.0621 e. The van der Waals surface area contributed by atoms with Gasteiger partial charge in [0.1, 0.15) is 0 Å². The Morgan fingerprint density at radius 2 is 1.64 bits per heavy atom. The van der Waals surface area contributed by atoms with E-state index >= 15 is 0 Å². The fourth-order valence-electron chi connectivity index (χ4n) is 1.29. The zero-order chi connectivity index (χ0) is 11.0. The van der Waals surface area contributed by atoms with E-state index < -0.39 is 0 Å². The summed E-state index contributed by atoms with van der Waals surface area (Å²) < 4.78 is 0. The van der Waals surface area contributed by atoms with E-state index in [1.54, 1.807) is 0 Å². The van der Waals surface area contributed by atoms with Crippen LogP contribution in [0.2, 0.25) is 0 Å². The normalized spacial score (nSPS) is 13.9. The lowest BCUT2D eigenvalue weighted by Gasteiger charge is -2.18. The van der Waals surface area contributed by atoms with Crippen molar-refractivity contribution in [2.24, 2.45) is 0 Å². The van der Waals surface area contributed by atoms with Gasteiger partial charge < -0.3 is 0 Å². The van der Waals surface area contributed by atoms with E-state index in [0.717, 1.165) is 12.8 Å². The van der Waals surface area contributed by atoms with Gasteiger partial charge in [0.2, 0.25) is 0 Å². The number of rotatable bonds is 8. The number of hydrogen-bond donors (Lipinski definition) is 4. The van der Waals surface area contributed by atoms with Crippen LogP contribution in [0, 0.1) is 0 Å². The Bertz CT molecular complexity index is 133. The van der Waals surface area contributed by atoms with Gasteiger partial charge in [-0.25, -0.2) is 0 Å². The average molecular weight is 208 g/mol. The Morgan fingerprint density at radius 1 is 1.00 bits per heavy atom. The Hall–Kier alpha value is -0.240. The van der Waals surface area contributed by atoms with E-state index in [1.165, 1.54) is 0 Å². The highest BCUT2D eigenvalue weighted by Gasteiger charge is 2.11. The third kappa shape index (κ3) is 7.19. The highest BCUT2D eigenvalue weighted by atomic mass is 16.8. The first-order valence-corrected chi connectivity index (χ1v) is 4.90. The minimum atomic E-state index is -0.227. The molecule has 6 nitrogen and oxygen atoms in total. The zero-order valence-electron chi connectivity index (χ0n) is 8.50. The first-order valence-electron chi connectivity index (χ1n) is 4.90. The van der Waals surface area contributed by atoms with Gasteiger partial charge in [-0.15, -0.1) is 0 Å². The third-order valence-electron chi connectivity index (χ3n) is 2.19. The predicted octanol–water partition coefficient (Wildman–Crippen LogP) is 1.49. The molecule has 1 unspecified atom stereocenters. The van der Waals surface area contributed by atoms with Gasteiger partial charge in [0.25, 0.3) is 0 Å². The Labute approximate surface area is 83.8 Å². The lowest BCUT2D eigenvalue weighted by atomic mass is 10.1. The van der Waals surface area contributed by atoms with E-state index in [9.17, 15) is 0 Å². The SMILES string of the molecule is CCC(CCCCCN(O)O)N(O)O. The van der Waals surface area contributed by atoms with Crippen molar-refractivity contribution in [3.8, 4) is 0 Å². The van der Waals surface area contributed by atoms with E-state index in [2.05, 4.69) is 0 Å². The van der Waals surface area contributed by atoms with Gasteiger partial charge in [-0.2, -0.15) is 0 Å². The fraction of sp³-hybridized carbons (Fsp3) is 1.00. The molecule has 14 heavy (non-hydrogen) atoms. The van der Waals surface area contributed by atoms with Crippen molar-refractivity contribution in [2.45, 2.75) is 45.1 Å². The van der Waals surface area contributed by atoms with Gasteiger partial charge in [-0.3, -0.25) is 20.8 Å². The standard InChI is InChI=1S/C8H20N2O4/c1-2-8(10(13)14)6-4-3-5-7-9(11)12/h8,11-14H,2-7H2,1H3. The van der Waals surface area contributed by atoms with Gasteiger partial charge >= 0.3 is 0 Å². The van der Waals surface area contributed by atoms with Crippen molar-refractivity contribution < 1.29 is 20.8 Å². The maximum absolute atomic E-state index is 8.76. The van der Waals surface area contributed by atoms with Crippen LogP contribution in [0.5, 0.6) is 0 Å². The molecule has 0 amide bonds. The molecule has 0 aliphatic carbocycles. The van der Waals surface area contributed by atoms with Crippen LogP contribution in [0.4, 0.5) is 0 Å². The summed E-state index contributed by atoms with van der Waals surface area (Å²) >= 11 is 0. The average Bonchev–Trinajstić information content (AvgIpc) is 2.10. The van der Waals surface area contributed by atoms with Crippen LogP contribution >= 0.6 is 0 Å². The minimum Gasteiger partial charge on any atom is -0.290 e. The Balaban J connectivity index is 3.33. The summed E-state index contributed by atoms with van der Waals surface area (Å²) in [7, 11) is 0. The summed E-state index contributed by atoms with van der Waals surface area (Å²) in [6.07, 6.45) is 3.73. The molecule has 0 fully saturated rings. The first kappa shape index (κ1) is 13.8. The molecule has 4 N–H and O–H groups in total.